The average molecular weight is 270 g/mol. The van der Waals surface area contributed by atoms with E-state index in [-0.39, 0.29) is 0 Å². The molecule has 2 rings (SSSR count). The van der Waals surface area contributed by atoms with E-state index >= 15 is 0 Å². The van der Waals surface area contributed by atoms with Crippen LogP contribution in [0, 0.1) is 6.92 Å². The number of hydrogen-bond acceptors (Lipinski definition) is 4. The number of hydrogen-bond donors (Lipinski definition) is 1. The summed E-state index contributed by atoms with van der Waals surface area (Å²) in [4.78, 5) is 4.53. The lowest BCUT2D eigenvalue weighted by atomic mass is 10.1. The van der Waals surface area contributed by atoms with Crippen molar-refractivity contribution in [3.63, 3.8) is 0 Å². The van der Waals surface area contributed by atoms with Crippen LogP contribution >= 0.6 is 0 Å². The predicted octanol–water partition coefficient (Wildman–Crippen LogP) is 2.96. The molecule has 4 nitrogen and oxygen atoms in total. The molecule has 0 atom stereocenters. The summed E-state index contributed by atoms with van der Waals surface area (Å²) in [6.45, 7) is 7.14. The molecule has 1 N–H and O–H groups in total. The smallest absolute Gasteiger partial charge is 0.242 e. The fraction of sp³-hybridized carbons (Fsp3) is 0.438. The first kappa shape index (κ1) is 14.4. The maximum Gasteiger partial charge on any atom is 0.242 e. The van der Waals surface area contributed by atoms with E-state index in [2.05, 4.69) is 65.5 Å². The third-order valence-corrected chi connectivity index (χ3v) is 3.45. The topological polar surface area (TPSA) is 50.7 Å². The summed E-state index contributed by atoms with van der Waals surface area (Å²) >= 11 is 0. The monoisotopic (exact) mass is 270 g/mol. The molecule has 0 saturated heterocycles. The first-order chi connectivity index (χ1) is 9.74. The average Bonchev–Trinajstić information content (AvgIpc) is 2.49. The summed E-state index contributed by atoms with van der Waals surface area (Å²) in [5.74, 6) is 0.632. The van der Waals surface area contributed by atoms with Gasteiger partial charge in [-0.2, -0.15) is 5.10 Å². The van der Waals surface area contributed by atoms with Crippen LogP contribution in [0.5, 0.6) is 0 Å². The minimum Gasteiger partial charge on any atom is -0.353 e. The van der Waals surface area contributed by atoms with Crippen LogP contribution < -0.4 is 5.32 Å². The highest BCUT2D eigenvalue weighted by atomic mass is 15.2. The zero-order valence-electron chi connectivity index (χ0n) is 12.5. The van der Waals surface area contributed by atoms with Crippen molar-refractivity contribution in [2.24, 2.45) is 0 Å². The Bertz CT molecular complexity index is 566. The van der Waals surface area contributed by atoms with Gasteiger partial charge in [0.2, 0.25) is 5.95 Å². The normalized spacial score (nSPS) is 10.6. The largest absolute Gasteiger partial charge is 0.353 e. The van der Waals surface area contributed by atoms with Crippen LogP contribution in [-0.4, -0.2) is 21.7 Å². The second-order valence-corrected chi connectivity index (χ2v) is 4.84. The quantitative estimate of drug-likeness (QED) is 0.876. The second-order valence-electron chi connectivity index (χ2n) is 4.84. The molecule has 20 heavy (non-hydrogen) atoms. The molecule has 106 valence electrons. The fourth-order valence-electron chi connectivity index (χ4n) is 2.21. The molecule has 0 unspecified atom stereocenters. The van der Waals surface area contributed by atoms with E-state index in [0.29, 0.717) is 5.95 Å². The lowest BCUT2D eigenvalue weighted by Gasteiger charge is -2.09. The molecule has 0 saturated carbocycles. The number of anilines is 1. The van der Waals surface area contributed by atoms with Crippen molar-refractivity contribution in [2.45, 2.75) is 40.0 Å². The summed E-state index contributed by atoms with van der Waals surface area (Å²) in [5.41, 5.74) is 4.72. The van der Waals surface area contributed by atoms with Crippen LogP contribution in [0.1, 0.15) is 36.4 Å². The van der Waals surface area contributed by atoms with E-state index in [0.717, 1.165) is 37.2 Å². The Morgan fingerprint density at radius 3 is 2.45 bits per heavy atom. The van der Waals surface area contributed by atoms with Gasteiger partial charge in [-0.3, -0.25) is 0 Å². The molecule has 1 heterocycles. The van der Waals surface area contributed by atoms with Gasteiger partial charge in [0.05, 0.1) is 11.4 Å². The third-order valence-electron chi connectivity index (χ3n) is 3.45. The van der Waals surface area contributed by atoms with Gasteiger partial charge in [-0.15, -0.1) is 5.10 Å². The molecule has 2 aromatic rings. The van der Waals surface area contributed by atoms with E-state index in [1.807, 2.05) is 0 Å². The fourth-order valence-corrected chi connectivity index (χ4v) is 2.21. The van der Waals surface area contributed by atoms with Crippen molar-refractivity contribution >= 4 is 5.95 Å². The lowest BCUT2D eigenvalue weighted by molar-refractivity contribution is 0.817. The van der Waals surface area contributed by atoms with Gasteiger partial charge in [0.15, 0.2) is 0 Å². The molecular formula is C16H22N4. The maximum atomic E-state index is 4.53. The van der Waals surface area contributed by atoms with E-state index in [9.17, 15) is 0 Å². The Labute approximate surface area is 120 Å². The van der Waals surface area contributed by atoms with E-state index in [4.69, 9.17) is 0 Å². The summed E-state index contributed by atoms with van der Waals surface area (Å²) < 4.78 is 0. The predicted molar refractivity (Wildman–Crippen MR) is 82.0 cm³/mol. The van der Waals surface area contributed by atoms with Gasteiger partial charge in [-0.1, -0.05) is 38.1 Å². The highest BCUT2D eigenvalue weighted by molar-refractivity contribution is 5.29. The van der Waals surface area contributed by atoms with Crippen molar-refractivity contribution < 1.29 is 0 Å². The van der Waals surface area contributed by atoms with Gasteiger partial charge in [-0.05, 0) is 37.3 Å². The highest BCUT2D eigenvalue weighted by Gasteiger charge is 2.05. The Kier molecular flexibility index (Phi) is 5.04. The van der Waals surface area contributed by atoms with Crippen LogP contribution in [0.25, 0.3) is 0 Å². The third kappa shape index (κ3) is 3.53. The lowest BCUT2D eigenvalue weighted by Crippen LogP contribution is -2.12. The molecule has 1 aromatic heterocycles. The summed E-state index contributed by atoms with van der Waals surface area (Å²) in [6, 6.07) is 8.44. The number of rotatable bonds is 6. The molecule has 0 radical (unpaired) electrons. The van der Waals surface area contributed by atoms with Gasteiger partial charge in [-0.25, -0.2) is 4.98 Å². The van der Waals surface area contributed by atoms with Crippen molar-refractivity contribution in [3.8, 4) is 0 Å². The van der Waals surface area contributed by atoms with Gasteiger partial charge in [0.1, 0.15) is 0 Å². The molecule has 4 heteroatoms. The van der Waals surface area contributed by atoms with E-state index in [1.165, 1.54) is 11.1 Å². The maximum absolute atomic E-state index is 4.53. The molecule has 0 aliphatic carbocycles. The Balaban J connectivity index is 1.96. The first-order valence-electron chi connectivity index (χ1n) is 7.25. The summed E-state index contributed by atoms with van der Waals surface area (Å²) in [5, 5.41) is 11.6. The zero-order valence-corrected chi connectivity index (χ0v) is 12.5. The molecule has 1 aromatic carbocycles. The zero-order chi connectivity index (χ0) is 14.4. The molecule has 0 amide bonds. The van der Waals surface area contributed by atoms with Crippen molar-refractivity contribution in [1.29, 1.82) is 0 Å². The second kappa shape index (κ2) is 6.98. The van der Waals surface area contributed by atoms with Crippen LogP contribution in [0.4, 0.5) is 5.95 Å². The summed E-state index contributed by atoms with van der Waals surface area (Å²) in [6.07, 6.45) is 2.74. The molecule has 0 aliphatic rings. The number of aromatic nitrogens is 3. The van der Waals surface area contributed by atoms with Gasteiger partial charge < -0.3 is 5.32 Å². The minimum absolute atomic E-state index is 0.632. The van der Waals surface area contributed by atoms with Crippen molar-refractivity contribution in [3.05, 3.63) is 46.8 Å². The Hall–Kier alpha value is -1.97. The van der Waals surface area contributed by atoms with Crippen LogP contribution in [-0.2, 0) is 19.3 Å². The van der Waals surface area contributed by atoms with E-state index in [1.54, 1.807) is 0 Å². The highest BCUT2D eigenvalue weighted by Crippen LogP contribution is 2.09. The number of nitrogens with one attached hydrogen (secondary N) is 1. The standard InChI is InChI=1S/C16H22N4/c1-4-14-15(5-2)19-20-16(18-14)17-11-10-13-9-7-6-8-12(13)3/h6-9H,4-5,10-11H2,1-3H3,(H,17,18,20). The minimum atomic E-state index is 0.632. The molecular weight excluding hydrogens is 248 g/mol. The van der Waals surface area contributed by atoms with Crippen molar-refractivity contribution in [2.75, 3.05) is 11.9 Å². The number of benzene rings is 1. The summed E-state index contributed by atoms with van der Waals surface area (Å²) in [7, 11) is 0. The number of aryl methyl sites for hydroxylation is 3. The van der Waals surface area contributed by atoms with Crippen LogP contribution in [0.15, 0.2) is 24.3 Å². The molecule has 0 aliphatic heterocycles. The van der Waals surface area contributed by atoms with E-state index < -0.39 is 0 Å². The Morgan fingerprint density at radius 2 is 1.75 bits per heavy atom. The SMILES string of the molecule is CCc1nnc(NCCc2ccccc2C)nc1CC. The first-order valence-corrected chi connectivity index (χ1v) is 7.25. The molecule has 0 fully saturated rings. The van der Waals surface area contributed by atoms with Crippen molar-refractivity contribution in [1.82, 2.24) is 15.2 Å². The van der Waals surface area contributed by atoms with Gasteiger partial charge in [0.25, 0.3) is 0 Å². The Morgan fingerprint density at radius 1 is 1.00 bits per heavy atom. The van der Waals surface area contributed by atoms with Gasteiger partial charge >= 0.3 is 0 Å². The van der Waals surface area contributed by atoms with Crippen LogP contribution in [0.3, 0.4) is 0 Å². The van der Waals surface area contributed by atoms with Crippen LogP contribution in [0.2, 0.25) is 0 Å². The van der Waals surface area contributed by atoms with Gasteiger partial charge in [0, 0.05) is 6.54 Å². The molecule has 0 spiro atoms. The number of nitrogens with zero attached hydrogens (tertiary/aromatic N) is 3. The molecule has 0 bridgehead atoms.